The lowest BCUT2D eigenvalue weighted by atomic mass is 9.83. The predicted molar refractivity (Wildman–Crippen MR) is 158 cm³/mol. The lowest BCUT2D eigenvalue weighted by molar-refractivity contribution is -0.145. The van der Waals surface area contributed by atoms with Gasteiger partial charge in [0.05, 0.1) is 6.04 Å². The highest BCUT2D eigenvalue weighted by Gasteiger charge is 2.51. The van der Waals surface area contributed by atoms with Crippen molar-refractivity contribution in [3.8, 4) is 0 Å². The van der Waals surface area contributed by atoms with Crippen LogP contribution in [-0.4, -0.2) is 70.1 Å². The van der Waals surface area contributed by atoms with Gasteiger partial charge in [0.25, 0.3) is 5.91 Å². The monoisotopic (exact) mass is 584 g/mol. The Morgan fingerprint density at radius 1 is 1.02 bits per heavy atom. The third kappa shape index (κ3) is 8.02. The van der Waals surface area contributed by atoms with Crippen LogP contribution in [0.4, 0.5) is 4.79 Å². The van der Waals surface area contributed by atoms with Gasteiger partial charge < -0.3 is 30.7 Å². The smallest absolute Gasteiger partial charge is 0.408 e. The summed E-state index contributed by atoms with van der Waals surface area (Å²) >= 11 is 0. The molecule has 42 heavy (non-hydrogen) atoms. The number of alkyl carbamates (subject to hydrolysis) is 1. The molecule has 2 saturated carbocycles. The first-order valence-corrected chi connectivity index (χ1v) is 15.6. The Bertz CT molecular complexity index is 1100. The van der Waals surface area contributed by atoms with E-state index in [2.05, 4.69) is 16.0 Å². The van der Waals surface area contributed by atoms with Gasteiger partial charge in [-0.1, -0.05) is 77.3 Å². The minimum atomic E-state index is -1.37. The molecule has 3 unspecified atom stereocenters. The van der Waals surface area contributed by atoms with Crippen molar-refractivity contribution in [2.45, 2.75) is 128 Å². The molecule has 6 atom stereocenters. The van der Waals surface area contributed by atoms with E-state index in [9.17, 15) is 24.3 Å². The van der Waals surface area contributed by atoms with Crippen molar-refractivity contribution in [1.82, 2.24) is 20.9 Å². The molecule has 10 heteroatoms. The summed E-state index contributed by atoms with van der Waals surface area (Å²) in [7, 11) is 0. The average molecular weight is 585 g/mol. The molecule has 1 aromatic rings. The Morgan fingerprint density at radius 2 is 1.71 bits per heavy atom. The maximum absolute atomic E-state index is 14.3. The molecule has 1 aromatic carbocycles. The van der Waals surface area contributed by atoms with E-state index in [1.807, 2.05) is 58.0 Å². The highest BCUT2D eigenvalue weighted by Crippen LogP contribution is 2.41. The van der Waals surface area contributed by atoms with E-state index in [0.29, 0.717) is 19.3 Å². The quantitative estimate of drug-likeness (QED) is 0.315. The van der Waals surface area contributed by atoms with Gasteiger partial charge in [-0.25, -0.2) is 4.79 Å². The lowest BCUT2D eigenvalue weighted by Gasteiger charge is -2.39. The number of aliphatic hydroxyl groups excluding tert-OH is 1. The molecule has 0 bridgehead atoms. The van der Waals surface area contributed by atoms with Crippen LogP contribution >= 0.6 is 0 Å². The summed E-state index contributed by atoms with van der Waals surface area (Å²) in [5.41, 5.74) is 0.181. The zero-order valence-electron chi connectivity index (χ0n) is 25.4. The second-order valence-electron chi connectivity index (χ2n) is 13.2. The SMILES string of the molecule is CCC[C@H](NC(=O)[C@@H]1CC2CCCCC2N1C(=O)[C@@H](NC(=O)OCc1ccccc1)C(C)(C)C)C(O)C(=O)NC1CC1. The lowest BCUT2D eigenvalue weighted by Crippen LogP contribution is -2.61. The summed E-state index contributed by atoms with van der Waals surface area (Å²) in [5.74, 6) is -0.978. The zero-order valence-corrected chi connectivity index (χ0v) is 25.4. The Labute approximate surface area is 249 Å². The van der Waals surface area contributed by atoms with E-state index < -0.39 is 41.6 Å². The molecular formula is C32H48N4O6. The number of rotatable bonds is 11. The van der Waals surface area contributed by atoms with Gasteiger partial charge in [0.15, 0.2) is 6.10 Å². The fraction of sp³-hybridized carbons (Fsp3) is 0.688. The van der Waals surface area contributed by atoms with Gasteiger partial charge in [-0.3, -0.25) is 14.4 Å². The van der Waals surface area contributed by atoms with E-state index >= 15 is 0 Å². The highest BCUT2D eigenvalue weighted by molar-refractivity contribution is 5.93. The molecule has 4 amide bonds. The van der Waals surface area contributed by atoms with Gasteiger partial charge in [-0.2, -0.15) is 0 Å². The Balaban J connectivity index is 1.50. The van der Waals surface area contributed by atoms with Crippen molar-refractivity contribution in [2.24, 2.45) is 11.3 Å². The molecule has 1 aliphatic heterocycles. The standard InChI is InChI=1S/C32H48N4O6/c1-5-11-23(26(37)29(39)33-22-16-17-22)34-28(38)25-18-21-14-9-10-15-24(21)36(25)30(40)27(32(2,3)4)35-31(41)42-19-20-12-7-6-8-13-20/h6-8,12-13,21-27,37H,5,9-11,14-19H2,1-4H3,(H,33,39)(H,34,38)(H,35,41)/t21?,23-,24?,25-,26?,27+/m0/s1. The molecule has 1 heterocycles. The van der Waals surface area contributed by atoms with Crippen LogP contribution < -0.4 is 16.0 Å². The van der Waals surface area contributed by atoms with Crippen molar-refractivity contribution in [3.05, 3.63) is 35.9 Å². The number of carbonyl (C=O) groups is 4. The normalized spacial score (nSPS) is 24.1. The van der Waals surface area contributed by atoms with Crippen LogP contribution in [0, 0.1) is 11.3 Å². The number of nitrogens with one attached hydrogen (secondary N) is 3. The number of hydrogen-bond donors (Lipinski definition) is 4. The summed E-state index contributed by atoms with van der Waals surface area (Å²) in [6.45, 7) is 7.64. The molecule has 2 aliphatic carbocycles. The first-order valence-electron chi connectivity index (χ1n) is 15.6. The van der Waals surface area contributed by atoms with Crippen LogP contribution in [0.25, 0.3) is 0 Å². The molecule has 4 rings (SSSR count). The van der Waals surface area contributed by atoms with Crippen LogP contribution in [0.1, 0.15) is 91.0 Å². The molecule has 3 aliphatic rings. The predicted octanol–water partition coefficient (Wildman–Crippen LogP) is 3.41. The summed E-state index contributed by atoms with van der Waals surface area (Å²) < 4.78 is 5.44. The van der Waals surface area contributed by atoms with Crippen LogP contribution in [0.15, 0.2) is 30.3 Å². The summed E-state index contributed by atoms with van der Waals surface area (Å²) in [6, 6.07) is 6.87. The Morgan fingerprint density at radius 3 is 2.36 bits per heavy atom. The maximum atomic E-state index is 14.3. The van der Waals surface area contributed by atoms with E-state index in [1.54, 1.807) is 4.90 Å². The topological polar surface area (TPSA) is 137 Å². The largest absolute Gasteiger partial charge is 0.445 e. The maximum Gasteiger partial charge on any atom is 0.408 e. The van der Waals surface area contributed by atoms with Crippen LogP contribution in [0.5, 0.6) is 0 Å². The Kier molecular flexibility index (Phi) is 10.5. The minimum Gasteiger partial charge on any atom is -0.445 e. The van der Waals surface area contributed by atoms with E-state index in [4.69, 9.17) is 4.74 Å². The van der Waals surface area contributed by atoms with Gasteiger partial charge in [0.1, 0.15) is 18.7 Å². The second kappa shape index (κ2) is 13.9. The number of benzene rings is 1. The number of likely N-dealkylation sites (tertiary alicyclic amines) is 1. The molecule has 3 fully saturated rings. The summed E-state index contributed by atoms with van der Waals surface area (Å²) in [6.07, 6.45) is 5.06. The molecule has 232 valence electrons. The second-order valence-corrected chi connectivity index (χ2v) is 13.2. The number of carbonyl (C=O) groups excluding carboxylic acids is 4. The van der Waals surface area contributed by atoms with Gasteiger partial charge >= 0.3 is 6.09 Å². The summed E-state index contributed by atoms with van der Waals surface area (Å²) in [5, 5.41) is 19.4. The van der Waals surface area contributed by atoms with Gasteiger partial charge in [0.2, 0.25) is 11.8 Å². The fourth-order valence-electron chi connectivity index (χ4n) is 6.29. The van der Waals surface area contributed by atoms with Crippen molar-refractivity contribution in [3.63, 3.8) is 0 Å². The van der Waals surface area contributed by atoms with E-state index in [-0.39, 0.29) is 36.4 Å². The first-order chi connectivity index (χ1) is 20.0. The number of nitrogens with zero attached hydrogens (tertiary/aromatic N) is 1. The number of ether oxygens (including phenoxy) is 1. The van der Waals surface area contributed by atoms with E-state index in [0.717, 1.165) is 44.1 Å². The van der Waals surface area contributed by atoms with Crippen molar-refractivity contribution in [2.75, 3.05) is 0 Å². The van der Waals surface area contributed by atoms with Crippen LogP contribution in [0.3, 0.4) is 0 Å². The third-order valence-electron chi connectivity index (χ3n) is 8.73. The first kappa shape index (κ1) is 31.8. The van der Waals surface area contributed by atoms with Crippen LogP contribution in [-0.2, 0) is 25.7 Å². The molecule has 0 spiro atoms. The fourth-order valence-corrected chi connectivity index (χ4v) is 6.29. The molecule has 0 radical (unpaired) electrons. The number of aliphatic hydroxyl groups is 1. The Hall–Kier alpha value is -3.14. The van der Waals surface area contributed by atoms with Gasteiger partial charge in [-0.05, 0) is 55.4 Å². The number of amides is 4. The number of hydrogen-bond acceptors (Lipinski definition) is 6. The molecule has 1 saturated heterocycles. The molecule has 10 nitrogen and oxygen atoms in total. The van der Waals surface area contributed by atoms with Crippen LogP contribution in [0.2, 0.25) is 0 Å². The molecular weight excluding hydrogens is 536 g/mol. The zero-order chi connectivity index (χ0) is 30.4. The summed E-state index contributed by atoms with van der Waals surface area (Å²) in [4.78, 5) is 55.3. The highest BCUT2D eigenvalue weighted by atomic mass is 16.5. The number of fused-ring (bicyclic) bond motifs is 1. The third-order valence-corrected chi connectivity index (χ3v) is 8.73. The van der Waals surface area contributed by atoms with Gasteiger partial charge in [-0.15, -0.1) is 0 Å². The molecule has 0 aromatic heterocycles. The van der Waals surface area contributed by atoms with Gasteiger partial charge in [0, 0.05) is 12.1 Å². The van der Waals surface area contributed by atoms with Crippen molar-refractivity contribution >= 4 is 23.8 Å². The van der Waals surface area contributed by atoms with Crippen molar-refractivity contribution < 1.29 is 29.0 Å². The average Bonchev–Trinajstić information content (AvgIpc) is 3.69. The van der Waals surface area contributed by atoms with Crippen molar-refractivity contribution in [1.29, 1.82) is 0 Å². The molecule has 4 N–H and O–H groups in total. The van der Waals surface area contributed by atoms with E-state index in [1.165, 1.54) is 0 Å². The minimum absolute atomic E-state index is 0.0760.